The van der Waals surface area contributed by atoms with Gasteiger partial charge in [0.1, 0.15) is 11.5 Å². The molecule has 1 aromatic heterocycles. The third-order valence-electron chi connectivity index (χ3n) is 6.90. The van der Waals surface area contributed by atoms with Crippen molar-refractivity contribution in [1.82, 2.24) is 15.1 Å². The lowest BCUT2D eigenvalue weighted by Crippen LogP contribution is -2.37. The van der Waals surface area contributed by atoms with E-state index in [1.807, 2.05) is 36.7 Å². The largest absolute Gasteiger partial charge is 0.496 e. The Kier molecular flexibility index (Phi) is 8.23. The van der Waals surface area contributed by atoms with Crippen LogP contribution >= 0.6 is 0 Å². The first-order chi connectivity index (χ1) is 16.2. The van der Waals surface area contributed by atoms with Crippen LogP contribution < -0.4 is 14.8 Å². The van der Waals surface area contributed by atoms with Crippen molar-refractivity contribution in [1.29, 1.82) is 0 Å². The molecule has 4 atom stereocenters. The van der Waals surface area contributed by atoms with Gasteiger partial charge in [-0.2, -0.15) is 5.10 Å². The lowest BCUT2D eigenvalue weighted by atomic mass is 9.97. The number of nitrogens with zero attached hydrogens (tertiary/aromatic N) is 2. The summed E-state index contributed by atoms with van der Waals surface area (Å²) in [5, 5.41) is 17.0. The molecule has 34 heavy (non-hydrogen) atoms. The molecule has 8 nitrogen and oxygen atoms in total. The average Bonchev–Trinajstić information content (AvgIpc) is 3.35. The van der Waals surface area contributed by atoms with Gasteiger partial charge in [0.15, 0.2) is 5.69 Å². The van der Waals surface area contributed by atoms with Crippen molar-refractivity contribution >= 4 is 11.9 Å². The summed E-state index contributed by atoms with van der Waals surface area (Å²) in [7, 11) is 3.21. The molecule has 0 bridgehead atoms. The Morgan fingerprint density at radius 1 is 1.18 bits per heavy atom. The molecule has 1 aliphatic rings. The molecule has 1 saturated carbocycles. The van der Waals surface area contributed by atoms with Gasteiger partial charge in [-0.05, 0) is 55.2 Å². The van der Waals surface area contributed by atoms with Crippen molar-refractivity contribution in [2.75, 3.05) is 14.2 Å². The van der Waals surface area contributed by atoms with Crippen molar-refractivity contribution in [2.24, 2.45) is 17.8 Å². The number of hydrogen-bond acceptors (Lipinski definition) is 5. The van der Waals surface area contributed by atoms with Gasteiger partial charge in [-0.3, -0.25) is 14.3 Å². The average molecular weight is 472 g/mol. The van der Waals surface area contributed by atoms with Gasteiger partial charge in [-0.15, -0.1) is 0 Å². The van der Waals surface area contributed by atoms with E-state index >= 15 is 0 Å². The summed E-state index contributed by atoms with van der Waals surface area (Å²) in [5.74, 6) is 1.13. The van der Waals surface area contributed by atoms with E-state index in [-0.39, 0.29) is 30.0 Å². The molecular weight excluding hydrogens is 434 g/mol. The minimum atomic E-state index is -0.940. The number of carboxylic acids is 1. The van der Waals surface area contributed by atoms with Crippen LogP contribution in [0.1, 0.15) is 69.9 Å². The first-order valence-electron chi connectivity index (χ1n) is 12.0. The van der Waals surface area contributed by atoms with E-state index in [1.165, 1.54) is 0 Å². The van der Waals surface area contributed by atoms with Gasteiger partial charge in [-0.25, -0.2) is 0 Å². The van der Waals surface area contributed by atoms with E-state index in [2.05, 4.69) is 19.2 Å². The Morgan fingerprint density at radius 3 is 2.32 bits per heavy atom. The normalized spacial score (nSPS) is 20.9. The molecule has 2 N–H and O–H groups in total. The quantitative estimate of drug-likeness (QED) is 0.516. The predicted molar refractivity (Wildman–Crippen MR) is 130 cm³/mol. The molecule has 0 radical (unpaired) electrons. The Bertz CT molecular complexity index is 994. The first-order valence-corrected chi connectivity index (χ1v) is 12.0. The van der Waals surface area contributed by atoms with E-state index in [4.69, 9.17) is 14.6 Å². The predicted octanol–water partition coefficient (Wildman–Crippen LogP) is 4.79. The SMILES string of the molecule is COc1cccc(OC)c1-c1cc(C(=O)N[C@H](CC(=O)O)CC(C)C)nn1C1CCC(C)C1C. The zero-order chi connectivity index (χ0) is 25.0. The monoisotopic (exact) mass is 471 g/mol. The van der Waals surface area contributed by atoms with Gasteiger partial charge < -0.3 is 19.9 Å². The molecule has 1 aliphatic carbocycles. The maximum Gasteiger partial charge on any atom is 0.305 e. The van der Waals surface area contributed by atoms with Crippen LogP contribution in [0, 0.1) is 17.8 Å². The Labute approximate surface area is 201 Å². The van der Waals surface area contributed by atoms with E-state index in [0.717, 1.165) is 24.1 Å². The van der Waals surface area contributed by atoms with Crippen LogP contribution in [0.2, 0.25) is 0 Å². The smallest absolute Gasteiger partial charge is 0.305 e. The lowest BCUT2D eigenvalue weighted by molar-refractivity contribution is -0.137. The number of carbonyl (C=O) groups excluding carboxylic acids is 1. The number of carbonyl (C=O) groups is 2. The van der Waals surface area contributed by atoms with Crippen LogP contribution in [0.15, 0.2) is 24.3 Å². The molecule has 8 heteroatoms. The lowest BCUT2D eigenvalue weighted by Gasteiger charge is -2.22. The van der Waals surface area contributed by atoms with Crippen molar-refractivity contribution in [3.63, 3.8) is 0 Å². The van der Waals surface area contributed by atoms with Crippen LogP contribution in [-0.4, -0.2) is 47.0 Å². The van der Waals surface area contributed by atoms with Crippen molar-refractivity contribution in [3.8, 4) is 22.8 Å². The molecule has 186 valence electrons. The molecular formula is C26H37N3O5. The molecule has 1 heterocycles. The summed E-state index contributed by atoms with van der Waals surface area (Å²) in [6, 6.07) is 7.01. The molecule has 3 unspecified atom stereocenters. The van der Waals surface area contributed by atoms with Crippen molar-refractivity contribution in [3.05, 3.63) is 30.0 Å². The standard InChI is InChI=1S/C26H37N3O5/c1-15(2)12-18(13-24(30)31)27-26(32)19-14-21(25-22(33-5)8-7-9-23(25)34-6)29(28-19)20-11-10-16(3)17(20)4/h7-9,14-18,20H,10-13H2,1-6H3,(H,27,32)(H,30,31)/t16?,17?,18-,20?/m0/s1. The summed E-state index contributed by atoms with van der Waals surface area (Å²) >= 11 is 0. The Balaban J connectivity index is 2.06. The first kappa shape index (κ1) is 25.6. The second kappa shape index (κ2) is 10.9. The Hall–Kier alpha value is -3.03. The highest BCUT2D eigenvalue weighted by molar-refractivity contribution is 5.94. The van der Waals surface area contributed by atoms with Gasteiger partial charge in [0.25, 0.3) is 5.91 Å². The van der Waals surface area contributed by atoms with E-state index in [1.54, 1.807) is 20.3 Å². The number of methoxy groups -OCH3 is 2. The van der Waals surface area contributed by atoms with E-state index in [0.29, 0.717) is 29.8 Å². The molecule has 1 aromatic carbocycles. The highest BCUT2D eigenvalue weighted by atomic mass is 16.5. The fourth-order valence-corrected chi connectivity index (χ4v) is 4.96. The number of carboxylic acid groups (broad SMARTS) is 1. The van der Waals surface area contributed by atoms with Gasteiger partial charge in [0.2, 0.25) is 0 Å². The van der Waals surface area contributed by atoms with Crippen molar-refractivity contribution in [2.45, 2.75) is 65.5 Å². The zero-order valence-electron chi connectivity index (χ0n) is 21.0. The molecule has 0 aliphatic heterocycles. The fourth-order valence-electron chi connectivity index (χ4n) is 4.96. The van der Waals surface area contributed by atoms with Crippen LogP contribution in [0.5, 0.6) is 11.5 Å². The number of rotatable bonds is 10. The van der Waals surface area contributed by atoms with E-state index in [9.17, 15) is 14.7 Å². The molecule has 1 amide bonds. The fraction of sp³-hybridized carbons (Fsp3) is 0.577. The summed E-state index contributed by atoms with van der Waals surface area (Å²) in [5.41, 5.74) is 1.76. The number of aliphatic carboxylic acids is 1. The summed E-state index contributed by atoms with van der Waals surface area (Å²) in [6.07, 6.45) is 2.49. The molecule has 0 spiro atoms. The highest BCUT2D eigenvalue weighted by Crippen LogP contribution is 2.45. The van der Waals surface area contributed by atoms with Gasteiger partial charge >= 0.3 is 5.97 Å². The van der Waals surface area contributed by atoms with E-state index < -0.39 is 12.0 Å². The molecule has 2 aromatic rings. The second-order valence-corrected chi connectivity index (χ2v) is 9.78. The van der Waals surface area contributed by atoms with Gasteiger partial charge in [0.05, 0.1) is 37.9 Å². The minimum Gasteiger partial charge on any atom is -0.496 e. The zero-order valence-corrected chi connectivity index (χ0v) is 21.0. The number of benzene rings is 1. The number of aromatic nitrogens is 2. The number of hydrogen-bond donors (Lipinski definition) is 2. The summed E-state index contributed by atoms with van der Waals surface area (Å²) in [6.45, 7) is 8.47. The van der Waals surface area contributed by atoms with Crippen molar-refractivity contribution < 1.29 is 24.2 Å². The van der Waals surface area contributed by atoms with Gasteiger partial charge in [0, 0.05) is 6.04 Å². The third-order valence-corrected chi connectivity index (χ3v) is 6.90. The maximum atomic E-state index is 13.2. The topological polar surface area (TPSA) is 103 Å². The molecule has 3 rings (SSSR count). The van der Waals surface area contributed by atoms with Crippen LogP contribution in [0.4, 0.5) is 0 Å². The summed E-state index contributed by atoms with van der Waals surface area (Å²) < 4.78 is 13.2. The minimum absolute atomic E-state index is 0.130. The maximum absolute atomic E-state index is 13.2. The third kappa shape index (κ3) is 5.54. The number of amides is 1. The molecule has 1 fully saturated rings. The number of nitrogens with one attached hydrogen (secondary N) is 1. The van der Waals surface area contributed by atoms with Crippen LogP contribution in [0.25, 0.3) is 11.3 Å². The highest BCUT2D eigenvalue weighted by Gasteiger charge is 2.35. The van der Waals surface area contributed by atoms with Crippen LogP contribution in [0.3, 0.4) is 0 Å². The Morgan fingerprint density at radius 2 is 1.82 bits per heavy atom. The summed E-state index contributed by atoms with van der Waals surface area (Å²) in [4.78, 5) is 24.6. The van der Waals surface area contributed by atoms with Crippen LogP contribution in [-0.2, 0) is 4.79 Å². The second-order valence-electron chi connectivity index (χ2n) is 9.78. The molecule has 0 saturated heterocycles. The van der Waals surface area contributed by atoms with Gasteiger partial charge in [-0.1, -0.05) is 33.8 Å². The number of ether oxygens (including phenoxy) is 2.